The van der Waals surface area contributed by atoms with Crippen molar-refractivity contribution in [2.45, 2.75) is 84.3 Å². The van der Waals surface area contributed by atoms with Crippen molar-refractivity contribution in [1.82, 2.24) is 0 Å². The van der Waals surface area contributed by atoms with Crippen molar-refractivity contribution in [3.63, 3.8) is 0 Å². The Kier molecular flexibility index (Phi) is 6.04. The van der Waals surface area contributed by atoms with Gasteiger partial charge < -0.3 is 0 Å². The van der Waals surface area contributed by atoms with Gasteiger partial charge in [0.05, 0.1) is 0 Å². The van der Waals surface area contributed by atoms with Gasteiger partial charge in [-0.05, 0) is 0 Å². The Hall–Kier alpha value is -0.238. The monoisotopic (exact) mass is 328 g/mol. The van der Waals surface area contributed by atoms with Crippen molar-refractivity contribution < 1.29 is 18.7 Å². The maximum absolute atomic E-state index is 6.54. The Balaban J connectivity index is 3.15. The quantitative estimate of drug-likeness (QED) is 0.573. The molecule has 0 bridgehead atoms. The third kappa shape index (κ3) is 3.80. The van der Waals surface area contributed by atoms with Crippen molar-refractivity contribution in [3.8, 4) is 0 Å². The molecule has 1 fully saturated rings. The average molecular weight is 328 g/mol. The number of ether oxygens (including phenoxy) is 2. The first kappa shape index (κ1) is 19.8. The van der Waals surface area contributed by atoms with Crippen LogP contribution in [0.2, 0.25) is 18.1 Å². The first-order valence-electron chi connectivity index (χ1n) is 7.80. The molecule has 1 radical (unpaired) electrons. The zero-order valence-electron chi connectivity index (χ0n) is 15.5. The van der Waals surface area contributed by atoms with E-state index in [4.69, 9.17) is 26.4 Å². The van der Waals surface area contributed by atoms with Gasteiger partial charge in [-0.25, -0.2) is 0 Å². The molecule has 127 valence electrons. The van der Waals surface area contributed by atoms with Gasteiger partial charge in [0.2, 0.25) is 0 Å². The molecule has 0 aliphatic carbocycles. The van der Waals surface area contributed by atoms with Crippen LogP contribution in [0.5, 0.6) is 0 Å². The van der Waals surface area contributed by atoms with E-state index in [0.29, 0.717) is 0 Å². The van der Waals surface area contributed by atoms with Crippen LogP contribution in [0.1, 0.15) is 41.5 Å². The maximum atomic E-state index is 6.54. The van der Waals surface area contributed by atoms with Crippen molar-refractivity contribution in [1.29, 1.82) is 0 Å². The molecule has 4 atom stereocenters. The van der Waals surface area contributed by atoms with Crippen LogP contribution in [-0.4, -0.2) is 47.7 Å². The van der Waals surface area contributed by atoms with Crippen LogP contribution in [0.3, 0.4) is 0 Å². The summed E-state index contributed by atoms with van der Waals surface area (Å²) in [5.74, 6) is 0. The fraction of sp³-hybridized carbons (Fsp3) is 1.00. The summed E-state index contributed by atoms with van der Waals surface area (Å²) < 4.78 is 18.3. The molecule has 1 heterocycles. The molecule has 0 N–H and O–H groups in total. The fourth-order valence-electron chi connectivity index (χ4n) is 2.47. The van der Waals surface area contributed by atoms with Crippen LogP contribution in [0.25, 0.3) is 0 Å². The van der Waals surface area contributed by atoms with Crippen LogP contribution in [0.15, 0.2) is 5.06 Å². The number of methoxy groups -OCH3 is 1. The average Bonchev–Trinajstić information content (AvgIpc) is 2.34. The predicted octanol–water partition coefficient (Wildman–Crippen LogP) is 3.45. The second-order valence-corrected chi connectivity index (χ2v) is 12.9. The van der Waals surface area contributed by atoms with Crippen LogP contribution >= 0.6 is 0 Å². The molecule has 1 aliphatic heterocycles. The summed E-state index contributed by atoms with van der Waals surface area (Å²) >= 11 is 0. The van der Waals surface area contributed by atoms with Crippen LogP contribution < -0.4 is 0 Å². The van der Waals surface area contributed by atoms with E-state index >= 15 is 0 Å². The number of hydrogen-bond acceptors (Lipinski definition) is 5. The summed E-state index contributed by atoms with van der Waals surface area (Å²) in [7, 11) is 4.88. The van der Waals surface area contributed by atoms with Crippen molar-refractivity contribution in [2.24, 2.45) is 10.5 Å². The van der Waals surface area contributed by atoms with Gasteiger partial charge >= 0.3 is 137 Å². The van der Waals surface area contributed by atoms with E-state index in [1.165, 1.54) is 0 Å². The third-order valence-corrected chi connectivity index (χ3v) is 9.82. The number of rotatable bonds is 5. The van der Waals surface area contributed by atoms with Gasteiger partial charge in [-0.2, -0.15) is 0 Å². The summed E-state index contributed by atoms with van der Waals surface area (Å²) in [6.07, 6.45) is -1.27. The Morgan fingerprint density at radius 2 is 1.77 bits per heavy atom. The van der Waals surface area contributed by atoms with Gasteiger partial charge in [0.15, 0.2) is 0 Å². The van der Waals surface area contributed by atoms with Gasteiger partial charge in [-0.1, -0.05) is 0 Å². The zero-order valence-corrected chi connectivity index (χ0v) is 16.5. The van der Waals surface area contributed by atoms with Crippen LogP contribution in [0.4, 0.5) is 0 Å². The first-order valence-corrected chi connectivity index (χ1v) is 10.7. The molecule has 1 rings (SSSR count). The number of hydrogen-bond donors (Lipinski definition) is 0. The summed E-state index contributed by atoms with van der Waals surface area (Å²) in [5, 5.41) is 3.38. The molecule has 0 aromatic rings. The van der Waals surface area contributed by atoms with Gasteiger partial charge in [-0.3, -0.25) is 0 Å². The molecule has 1 aliphatic rings. The molecule has 4 unspecified atom stereocenters. The van der Waals surface area contributed by atoms with E-state index < -0.39 is 14.6 Å². The van der Waals surface area contributed by atoms with E-state index in [-0.39, 0.29) is 28.8 Å². The molecule has 22 heavy (non-hydrogen) atoms. The number of nitrogens with zero attached hydrogens (tertiary/aromatic N) is 1. The van der Waals surface area contributed by atoms with E-state index in [9.17, 15) is 0 Å². The summed E-state index contributed by atoms with van der Waals surface area (Å²) in [6.45, 7) is 17.2. The van der Waals surface area contributed by atoms with Crippen LogP contribution in [-0.2, 0) is 18.7 Å². The topological polar surface area (TPSA) is 49.3 Å². The normalized spacial score (nSPS) is 32.5. The van der Waals surface area contributed by atoms with Crippen molar-refractivity contribution >= 4 is 16.0 Å². The molecule has 7 heteroatoms. The molecule has 0 amide bonds. The van der Waals surface area contributed by atoms with E-state index in [1.807, 2.05) is 6.92 Å². The summed E-state index contributed by atoms with van der Waals surface area (Å²) in [6, 6.07) is 0. The van der Waals surface area contributed by atoms with Crippen molar-refractivity contribution in [2.75, 3.05) is 7.11 Å². The Morgan fingerprint density at radius 3 is 2.18 bits per heavy atom. The minimum absolute atomic E-state index is 0.0662. The van der Waals surface area contributed by atoms with Gasteiger partial charge in [0.25, 0.3) is 0 Å². The van der Waals surface area contributed by atoms with Gasteiger partial charge in [0.1, 0.15) is 0 Å². The zero-order chi connectivity index (χ0) is 17.3. The summed E-state index contributed by atoms with van der Waals surface area (Å²) in [5.41, 5.74) is -0.212. The van der Waals surface area contributed by atoms with E-state index in [2.05, 4.69) is 52.8 Å². The van der Waals surface area contributed by atoms with E-state index in [1.54, 1.807) is 7.11 Å². The Labute approximate surface area is 137 Å². The Morgan fingerprint density at radius 1 is 1.23 bits per heavy atom. The van der Waals surface area contributed by atoms with Crippen LogP contribution in [0, 0.1) is 5.41 Å². The molecular weight excluding hydrogens is 297 g/mol. The summed E-state index contributed by atoms with van der Waals surface area (Å²) in [4.78, 5) is 5.25. The SMILES string of the molecule is [B]=NOC1OC(C)C(C)(C)C(OC)C1O[Si](C)(C)C(C)(C)C. The second kappa shape index (κ2) is 6.71. The van der Waals surface area contributed by atoms with Gasteiger partial charge in [-0.15, -0.1) is 0 Å². The molecular formula is C15H31BNO4Si. The van der Waals surface area contributed by atoms with Gasteiger partial charge in [0, 0.05) is 0 Å². The minimum atomic E-state index is -2.03. The second-order valence-electron chi connectivity index (χ2n) is 8.18. The van der Waals surface area contributed by atoms with E-state index in [0.717, 1.165) is 0 Å². The molecule has 0 saturated carbocycles. The molecule has 0 spiro atoms. The third-order valence-electron chi connectivity index (χ3n) is 5.34. The standard InChI is InChI=1S/C15H31BNO4Si/c1-10-15(5,6)12(18-7)11(13(19-10)20-17-16)21-22(8,9)14(2,3)4/h10-13H,1-9H3. The Bertz CT molecular complexity index is 397. The first-order chi connectivity index (χ1) is 9.88. The molecule has 5 nitrogen and oxygen atoms in total. The van der Waals surface area contributed by atoms with Crippen molar-refractivity contribution in [3.05, 3.63) is 0 Å². The molecule has 1 saturated heterocycles. The predicted molar refractivity (Wildman–Crippen MR) is 90.3 cm³/mol. The molecule has 0 aromatic carbocycles. The fourth-order valence-corrected chi connectivity index (χ4v) is 3.74. The molecule has 0 aromatic heterocycles.